The van der Waals surface area contributed by atoms with Crippen LogP contribution in [0.2, 0.25) is 0 Å². The Balaban J connectivity index is 2.27. The Morgan fingerprint density at radius 2 is 1.75 bits per heavy atom. The minimum atomic E-state index is -2.77. The smallest absolute Gasteiger partial charge is 0.147 e. The van der Waals surface area contributed by atoms with E-state index in [1.54, 1.807) is 0 Å². The summed E-state index contributed by atoms with van der Waals surface area (Å²) in [7, 11) is -0.586. The van der Waals surface area contributed by atoms with E-state index >= 15 is 0 Å². The predicted octanol–water partition coefficient (Wildman–Crippen LogP) is 1.93. The van der Waals surface area contributed by atoms with Crippen LogP contribution >= 0.6 is 0 Å². The highest BCUT2D eigenvalue weighted by Gasteiger charge is 2.23. The maximum absolute atomic E-state index is 11.1. The molecule has 96 valence electrons. The van der Waals surface area contributed by atoms with Crippen molar-refractivity contribution in [3.8, 4) is 0 Å². The Morgan fingerprint density at radius 3 is 2.19 bits per heavy atom. The molecule has 0 aromatic rings. The molecule has 0 atom stereocenters. The second-order valence-electron chi connectivity index (χ2n) is 5.17. The average molecular weight is 247 g/mol. The first-order valence-corrected chi connectivity index (χ1v) is 8.36. The Bertz CT molecular complexity index is 292. The van der Waals surface area contributed by atoms with Gasteiger partial charge in [0.15, 0.2) is 0 Å². The third-order valence-corrected chi connectivity index (χ3v) is 4.81. The summed E-state index contributed by atoms with van der Waals surface area (Å²) in [4.78, 5) is 2.41. The lowest BCUT2D eigenvalue weighted by molar-refractivity contribution is 0.170. The van der Waals surface area contributed by atoms with Gasteiger partial charge < -0.3 is 4.90 Å². The molecule has 0 spiro atoms. The van der Waals surface area contributed by atoms with Gasteiger partial charge in [-0.15, -0.1) is 0 Å². The van der Waals surface area contributed by atoms with Crippen LogP contribution in [0.3, 0.4) is 0 Å². The number of hydrogen-bond acceptors (Lipinski definition) is 3. The Labute approximate surface area is 100 Å². The molecule has 1 saturated carbocycles. The highest BCUT2D eigenvalue weighted by atomic mass is 32.2. The molecule has 0 radical (unpaired) electrons. The second-order valence-corrected chi connectivity index (χ2v) is 7.43. The van der Waals surface area contributed by atoms with E-state index in [1.165, 1.54) is 31.9 Å². The summed E-state index contributed by atoms with van der Waals surface area (Å²) in [5.41, 5.74) is 0. The monoisotopic (exact) mass is 247 g/mol. The van der Waals surface area contributed by atoms with Crippen LogP contribution in [-0.4, -0.2) is 45.0 Å². The first-order chi connectivity index (χ1) is 7.42. The summed E-state index contributed by atoms with van der Waals surface area (Å²) < 4.78 is 22.2. The molecular weight excluding hydrogens is 222 g/mol. The van der Waals surface area contributed by atoms with Crippen LogP contribution in [0.5, 0.6) is 0 Å². The largest absolute Gasteiger partial charge is 0.304 e. The van der Waals surface area contributed by atoms with Crippen LogP contribution in [0, 0.1) is 5.92 Å². The molecule has 0 saturated heterocycles. The Hall–Kier alpha value is -0.0900. The van der Waals surface area contributed by atoms with Crippen molar-refractivity contribution in [2.75, 3.05) is 25.6 Å². The normalized spacial score (nSPS) is 27.2. The summed E-state index contributed by atoms with van der Waals surface area (Å²) in [6.07, 6.45) is 7.07. The van der Waals surface area contributed by atoms with Crippen LogP contribution in [0.25, 0.3) is 0 Å². The van der Waals surface area contributed by atoms with Crippen LogP contribution in [0.1, 0.15) is 39.0 Å². The predicted molar refractivity (Wildman–Crippen MR) is 68.4 cm³/mol. The molecule has 0 bridgehead atoms. The van der Waals surface area contributed by atoms with Crippen molar-refractivity contribution in [1.82, 2.24) is 4.90 Å². The van der Waals surface area contributed by atoms with Crippen molar-refractivity contribution < 1.29 is 8.42 Å². The average Bonchev–Trinajstić information content (AvgIpc) is 2.25. The minimum absolute atomic E-state index is 0.367. The van der Waals surface area contributed by atoms with E-state index in [1.807, 2.05) is 0 Å². The summed E-state index contributed by atoms with van der Waals surface area (Å²) in [6.45, 7) is 3.30. The fourth-order valence-corrected chi connectivity index (χ4v) is 3.27. The molecule has 4 heteroatoms. The van der Waals surface area contributed by atoms with Crippen molar-refractivity contribution in [3.63, 3.8) is 0 Å². The van der Waals surface area contributed by atoms with Gasteiger partial charge in [-0.2, -0.15) is 0 Å². The zero-order valence-electron chi connectivity index (χ0n) is 10.8. The van der Waals surface area contributed by atoms with E-state index in [0.29, 0.717) is 11.7 Å². The summed E-state index contributed by atoms with van der Waals surface area (Å²) in [6, 6.07) is 0.722. The van der Waals surface area contributed by atoms with Gasteiger partial charge in [0.05, 0.1) is 5.75 Å². The molecule has 0 aromatic heterocycles. The standard InChI is InChI=1S/C12H25NO2S/c1-4-13(2)12-7-5-11(6-8-12)9-10-16(3,14)15/h11-12H,4-10H2,1-3H3/t11-,12-. The molecule has 0 aromatic carbocycles. The number of hydrogen-bond donors (Lipinski definition) is 0. The highest BCUT2D eigenvalue weighted by Crippen LogP contribution is 2.29. The molecular formula is C12H25NO2S. The van der Waals surface area contributed by atoms with Crippen molar-refractivity contribution >= 4 is 9.84 Å². The summed E-state index contributed by atoms with van der Waals surface area (Å²) >= 11 is 0. The zero-order valence-corrected chi connectivity index (χ0v) is 11.6. The lowest BCUT2D eigenvalue weighted by Gasteiger charge is -2.34. The molecule has 3 nitrogen and oxygen atoms in total. The minimum Gasteiger partial charge on any atom is -0.304 e. The van der Waals surface area contributed by atoms with Gasteiger partial charge >= 0.3 is 0 Å². The van der Waals surface area contributed by atoms with Crippen molar-refractivity contribution in [2.45, 2.75) is 45.1 Å². The highest BCUT2D eigenvalue weighted by molar-refractivity contribution is 7.90. The fraction of sp³-hybridized carbons (Fsp3) is 1.00. The molecule has 0 N–H and O–H groups in total. The zero-order chi connectivity index (χ0) is 12.2. The third-order valence-electron chi connectivity index (χ3n) is 3.84. The van der Waals surface area contributed by atoms with Crippen LogP contribution in [0.4, 0.5) is 0 Å². The lowest BCUT2D eigenvalue weighted by atomic mass is 9.84. The third kappa shape index (κ3) is 4.83. The SMILES string of the molecule is CCN(C)[C@H]1CC[C@H](CCS(C)(=O)=O)CC1. The summed E-state index contributed by atoms with van der Waals surface area (Å²) in [5.74, 6) is 1.00. The van der Waals surface area contributed by atoms with E-state index in [2.05, 4.69) is 18.9 Å². The van der Waals surface area contributed by atoms with Gasteiger partial charge in [-0.1, -0.05) is 6.92 Å². The van der Waals surface area contributed by atoms with E-state index < -0.39 is 9.84 Å². The van der Waals surface area contributed by atoms with E-state index in [-0.39, 0.29) is 0 Å². The first-order valence-electron chi connectivity index (χ1n) is 6.30. The van der Waals surface area contributed by atoms with Gasteiger partial charge in [0.2, 0.25) is 0 Å². The molecule has 0 amide bonds. The van der Waals surface area contributed by atoms with Gasteiger partial charge in [-0.05, 0) is 51.6 Å². The van der Waals surface area contributed by atoms with Crippen LogP contribution in [-0.2, 0) is 9.84 Å². The molecule has 1 fully saturated rings. The van der Waals surface area contributed by atoms with Gasteiger partial charge in [0.1, 0.15) is 9.84 Å². The van der Waals surface area contributed by atoms with Gasteiger partial charge in [0, 0.05) is 12.3 Å². The lowest BCUT2D eigenvalue weighted by Crippen LogP contribution is -2.35. The van der Waals surface area contributed by atoms with E-state index in [9.17, 15) is 8.42 Å². The van der Waals surface area contributed by atoms with Crippen LogP contribution < -0.4 is 0 Å². The molecule has 0 unspecified atom stereocenters. The van der Waals surface area contributed by atoms with Gasteiger partial charge in [-0.3, -0.25) is 0 Å². The quantitative estimate of drug-likeness (QED) is 0.745. The number of nitrogens with zero attached hydrogens (tertiary/aromatic N) is 1. The first kappa shape index (κ1) is 14.0. The van der Waals surface area contributed by atoms with Crippen molar-refractivity contribution in [1.29, 1.82) is 0 Å². The molecule has 1 aliphatic carbocycles. The van der Waals surface area contributed by atoms with Crippen molar-refractivity contribution in [3.05, 3.63) is 0 Å². The maximum Gasteiger partial charge on any atom is 0.147 e. The Morgan fingerprint density at radius 1 is 1.19 bits per heavy atom. The van der Waals surface area contributed by atoms with Gasteiger partial charge in [0.25, 0.3) is 0 Å². The number of sulfone groups is 1. The van der Waals surface area contributed by atoms with Crippen LogP contribution in [0.15, 0.2) is 0 Å². The molecule has 0 aliphatic heterocycles. The second kappa shape index (κ2) is 6.01. The molecule has 0 heterocycles. The summed E-state index contributed by atoms with van der Waals surface area (Å²) in [5, 5.41) is 0. The topological polar surface area (TPSA) is 37.4 Å². The number of rotatable bonds is 5. The molecule has 16 heavy (non-hydrogen) atoms. The van der Waals surface area contributed by atoms with E-state index in [4.69, 9.17) is 0 Å². The maximum atomic E-state index is 11.1. The van der Waals surface area contributed by atoms with Gasteiger partial charge in [-0.25, -0.2) is 8.42 Å². The fourth-order valence-electron chi connectivity index (χ4n) is 2.51. The molecule has 1 rings (SSSR count). The van der Waals surface area contributed by atoms with E-state index in [0.717, 1.165) is 19.0 Å². The molecule has 1 aliphatic rings. The Kier molecular flexibility index (Phi) is 5.25. The van der Waals surface area contributed by atoms with Crippen molar-refractivity contribution in [2.24, 2.45) is 5.92 Å².